The minimum absolute atomic E-state index is 0. The predicted molar refractivity (Wildman–Crippen MR) is 96.9 cm³/mol. The Kier molecular flexibility index (Phi) is 10.2. The van der Waals surface area contributed by atoms with Crippen LogP contribution in [-0.2, 0) is 4.65 Å². The zero-order valence-corrected chi connectivity index (χ0v) is 19.5. The van der Waals surface area contributed by atoms with Crippen LogP contribution in [0, 0.1) is 37.0 Å². The van der Waals surface area contributed by atoms with E-state index in [-0.39, 0.29) is 36.7 Å². The fourth-order valence-electron chi connectivity index (χ4n) is 1.62. The molecule has 123 valence electrons. The van der Waals surface area contributed by atoms with E-state index in [1.807, 2.05) is 39.7 Å². The Labute approximate surface area is 166 Å². The van der Waals surface area contributed by atoms with Crippen molar-refractivity contribution < 1.29 is 35.8 Å². The smallest absolute Gasteiger partial charge is 0.327 e. The standard InChI is InChI=1S/C18H27BN2O.U/c1-13(2)18(4,5)22-19-16-10-8-15(9-11-16)17(21-7)12-14(3)20-6;/h8-12,20H,1-7H3;/q-1;/b14-12-,21-17?;. The van der Waals surface area contributed by atoms with E-state index in [1.165, 1.54) is 5.92 Å². The van der Waals surface area contributed by atoms with Gasteiger partial charge >= 0.3 is 7.48 Å². The van der Waals surface area contributed by atoms with Crippen molar-refractivity contribution in [1.82, 2.24) is 5.32 Å². The van der Waals surface area contributed by atoms with Gasteiger partial charge in [-0.2, -0.15) is 13.8 Å². The number of nitrogens with one attached hydrogen (secondary N) is 1. The van der Waals surface area contributed by atoms with Crippen molar-refractivity contribution in [3.05, 3.63) is 47.5 Å². The Morgan fingerprint density at radius 2 is 1.83 bits per heavy atom. The molecular formula is C18H27BN2OU-. The number of benzene rings is 1. The molecule has 0 aliphatic heterocycles. The minimum atomic E-state index is -0.249. The van der Waals surface area contributed by atoms with Crippen molar-refractivity contribution in [3.8, 4) is 0 Å². The molecule has 0 aliphatic carbocycles. The first-order valence-corrected chi connectivity index (χ1v) is 7.55. The second-order valence-electron chi connectivity index (χ2n) is 6.05. The Balaban J connectivity index is 0.00000484. The van der Waals surface area contributed by atoms with Crippen LogP contribution in [0.2, 0.25) is 0 Å². The molecule has 0 saturated heterocycles. The maximum absolute atomic E-state index is 5.87. The van der Waals surface area contributed by atoms with Gasteiger partial charge in [0.25, 0.3) is 0 Å². The van der Waals surface area contributed by atoms with E-state index < -0.39 is 0 Å². The summed E-state index contributed by atoms with van der Waals surface area (Å²) in [7, 11) is 5.53. The van der Waals surface area contributed by atoms with Crippen LogP contribution < -0.4 is 10.8 Å². The Morgan fingerprint density at radius 1 is 1.26 bits per heavy atom. The quantitative estimate of drug-likeness (QED) is 0.331. The van der Waals surface area contributed by atoms with E-state index >= 15 is 0 Å². The van der Waals surface area contributed by atoms with Crippen molar-refractivity contribution in [2.75, 3.05) is 14.1 Å². The van der Waals surface area contributed by atoms with Crippen LogP contribution in [0.3, 0.4) is 0 Å². The van der Waals surface area contributed by atoms with Gasteiger partial charge in [-0.1, -0.05) is 49.2 Å². The van der Waals surface area contributed by atoms with E-state index in [2.05, 4.69) is 50.1 Å². The number of aliphatic imine (C=N–C) groups is 1. The molecule has 0 heterocycles. The van der Waals surface area contributed by atoms with Crippen LogP contribution in [0.15, 0.2) is 41.0 Å². The molecule has 23 heavy (non-hydrogen) atoms. The zero-order chi connectivity index (χ0) is 16.8. The number of allylic oxidation sites excluding steroid dienone is 2. The van der Waals surface area contributed by atoms with E-state index in [4.69, 9.17) is 4.65 Å². The molecule has 1 N–H and O–H groups in total. The second kappa shape index (κ2) is 10.4. The van der Waals surface area contributed by atoms with Crippen molar-refractivity contribution in [2.45, 2.75) is 40.2 Å². The van der Waals surface area contributed by atoms with Gasteiger partial charge in [0.15, 0.2) is 0 Å². The summed E-state index contributed by atoms with van der Waals surface area (Å²) in [5.74, 6) is 1.24. The molecule has 1 radical (unpaired) electrons. The topological polar surface area (TPSA) is 33.6 Å². The van der Waals surface area contributed by atoms with Gasteiger partial charge in [0.1, 0.15) is 0 Å². The third kappa shape index (κ3) is 7.29. The van der Waals surface area contributed by atoms with Gasteiger partial charge in [-0.25, -0.2) is 0 Å². The summed E-state index contributed by atoms with van der Waals surface area (Å²) >= 11 is 0. The minimum Gasteiger partial charge on any atom is -0.460 e. The Morgan fingerprint density at radius 3 is 2.26 bits per heavy atom. The van der Waals surface area contributed by atoms with Crippen molar-refractivity contribution in [3.63, 3.8) is 0 Å². The van der Waals surface area contributed by atoms with E-state index in [0.29, 0.717) is 0 Å². The zero-order valence-electron chi connectivity index (χ0n) is 15.3. The van der Waals surface area contributed by atoms with Gasteiger partial charge in [0.2, 0.25) is 0 Å². The third-order valence-corrected chi connectivity index (χ3v) is 3.89. The summed E-state index contributed by atoms with van der Waals surface area (Å²) in [6.07, 6.45) is 2.04. The van der Waals surface area contributed by atoms with E-state index in [0.717, 1.165) is 22.4 Å². The molecule has 5 heteroatoms. The van der Waals surface area contributed by atoms with Gasteiger partial charge in [0, 0.05) is 50.9 Å². The first-order valence-electron chi connectivity index (χ1n) is 7.55. The molecule has 0 spiro atoms. The normalized spacial score (nSPS) is 12.9. The van der Waals surface area contributed by atoms with Crippen LogP contribution in [-0.4, -0.2) is 32.9 Å². The second-order valence-corrected chi connectivity index (χ2v) is 6.05. The Bertz CT molecular complexity index is 536. The summed E-state index contributed by atoms with van der Waals surface area (Å²) in [5, 5.41) is 3.11. The molecule has 3 nitrogen and oxygen atoms in total. The molecule has 0 fully saturated rings. The Hall–Kier alpha value is -0.493. The molecule has 0 aromatic heterocycles. The molecule has 0 unspecified atom stereocenters. The fraction of sp³-hybridized carbons (Fsp3) is 0.444. The molecule has 0 saturated carbocycles. The van der Waals surface area contributed by atoms with E-state index in [9.17, 15) is 0 Å². The molecule has 0 aliphatic rings. The average molecular weight is 536 g/mol. The molecule has 0 amide bonds. The number of rotatable bonds is 7. The van der Waals surface area contributed by atoms with Crippen LogP contribution in [0.4, 0.5) is 0 Å². The van der Waals surface area contributed by atoms with Crippen molar-refractivity contribution >= 4 is 18.7 Å². The predicted octanol–water partition coefficient (Wildman–Crippen LogP) is 2.88. The van der Waals surface area contributed by atoms with Crippen molar-refractivity contribution in [1.29, 1.82) is 0 Å². The molecule has 1 aromatic carbocycles. The fourth-order valence-corrected chi connectivity index (χ4v) is 1.62. The molecular weight excluding hydrogens is 509 g/mol. The van der Waals surface area contributed by atoms with Crippen molar-refractivity contribution in [2.24, 2.45) is 4.99 Å². The SMILES string of the molecule is CN=C(/C=C(/C)NC)c1ccc([B]OC(C)(C)[C-](C)C)cc1.[U]. The third-order valence-electron chi connectivity index (χ3n) is 3.89. The number of nitrogens with zero attached hydrogens (tertiary/aromatic N) is 1. The van der Waals surface area contributed by atoms with Crippen LogP contribution in [0.25, 0.3) is 0 Å². The summed E-state index contributed by atoms with van der Waals surface area (Å²) in [6.45, 7) is 10.3. The summed E-state index contributed by atoms with van der Waals surface area (Å²) in [4.78, 5) is 4.34. The van der Waals surface area contributed by atoms with Crippen LogP contribution in [0.1, 0.15) is 40.2 Å². The maximum atomic E-state index is 5.87. The average Bonchev–Trinajstić information content (AvgIpc) is 2.50. The molecule has 0 atom stereocenters. The van der Waals surface area contributed by atoms with Gasteiger partial charge in [-0.3, -0.25) is 10.9 Å². The summed E-state index contributed by atoms with van der Waals surface area (Å²) in [5.41, 5.74) is 3.92. The number of hydrogen-bond acceptors (Lipinski definition) is 3. The maximum Gasteiger partial charge on any atom is 0.327 e. The molecule has 1 aromatic rings. The summed E-state index contributed by atoms with van der Waals surface area (Å²) in [6, 6.07) is 8.22. The van der Waals surface area contributed by atoms with Gasteiger partial charge in [-0.15, -0.1) is 0 Å². The first-order chi connectivity index (χ1) is 10.3. The van der Waals surface area contributed by atoms with Crippen LogP contribution in [0.5, 0.6) is 0 Å². The number of hydrogen-bond donors (Lipinski definition) is 1. The monoisotopic (exact) mass is 536 g/mol. The van der Waals surface area contributed by atoms with Gasteiger partial charge < -0.3 is 9.97 Å². The molecule has 0 bridgehead atoms. The van der Waals surface area contributed by atoms with Crippen LogP contribution >= 0.6 is 0 Å². The molecule has 1 rings (SSSR count). The first kappa shape index (κ1) is 22.5. The van der Waals surface area contributed by atoms with Gasteiger partial charge in [0.05, 0.1) is 5.71 Å². The van der Waals surface area contributed by atoms with E-state index in [1.54, 1.807) is 7.05 Å². The van der Waals surface area contributed by atoms with Gasteiger partial charge in [-0.05, 0) is 18.6 Å². The largest absolute Gasteiger partial charge is 0.460 e. The summed E-state index contributed by atoms with van der Waals surface area (Å²) < 4.78 is 5.87.